The molecule has 3 rings (SSSR count). The molecule has 0 radical (unpaired) electrons. The summed E-state index contributed by atoms with van der Waals surface area (Å²) in [5.41, 5.74) is 1.40. The van der Waals surface area contributed by atoms with Crippen LogP contribution in [0.25, 0.3) is 0 Å². The molecule has 3 unspecified atom stereocenters. The highest BCUT2D eigenvalue weighted by Gasteiger charge is 2.49. The molecule has 1 saturated heterocycles. The molecule has 1 aliphatic heterocycles. The second-order valence-corrected chi connectivity index (χ2v) is 7.25. The van der Waals surface area contributed by atoms with E-state index in [1.165, 1.54) is 12.0 Å². The lowest BCUT2D eigenvalue weighted by molar-refractivity contribution is -0.0699. The average molecular weight is 259 g/mol. The van der Waals surface area contributed by atoms with Gasteiger partial charge >= 0.3 is 0 Å². The van der Waals surface area contributed by atoms with Crippen LogP contribution in [0.2, 0.25) is 0 Å². The van der Waals surface area contributed by atoms with E-state index in [1.807, 2.05) is 0 Å². The fraction of sp³-hybridized carbons (Fsp3) is 0.647. The Labute approximate surface area is 116 Å². The smallest absolute Gasteiger partial charge is 0.0787 e. The topological polar surface area (TPSA) is 21.3 Å². The van der Waals surface area contributed by atoms with Gasteiger partial charge in [-0.1, -0.05) is 30.3 Å². The predicted molar refractivity (Wildman–Crippen MR) is 78.4 cm³/mol. The molecule has 1 N–H and O–H groups in total. The summed E-state index contributed by atoms with van der Waals surface area (Å²) in [6.45, 7) is 8.80. The van der Waals surface area contributed by atoms with Gasteiger partial charge < -0.3 is 10.1 Å². The number of nitrogens with one attached hydrogen (secondary N) is 1. The van der Waals surface area contributed by atoms with Crippen molar-refractivity contribution < 1.29 is 4.74 Å². The van der Waals surface area contributed by atoms with Crippen LogP contribution < -0.4 is 5.32 Å². The molecule has 1 aromatic rings. The van der Waals surface area contributed by atoms with E-state index in [0.29, 0.717) is 18.0 Å². The highest BCUT2D eigenvalue weighted by molar-refractivity contribution is 5.28. The van der Waals surface area contributed by atoms with Gasteiger partial charge in [-0.25, -0.2) is 0 Å². The molecule has 2 nitrogen and oxygen atoms in total. The maximum atomic E-state index is 6.16. The number of ether oxygens (including phenoxy) is 1. The number of rotatable bonds is 3. The van der Waals surface area contributed by atoms with Crippen molar-refractivity contribution in [2.75, 3.05) is 0 Å². The van der Waals surface area contributed by atoms with Gasteiger partial charge in [0.25, 0.3) is 0 Å². The first-order valence-electron chi connectivity index (χ1n) is 7.39. The highest BCUT2D eigenvalue weighted by atomic mass is 16.5. The van der Waals surface area contributed by atoms with Crippen molar-refractivity contribution in [3.8, 4) is 0 Å². The van der Waals surface area contributed by atoms with Crippen LogP contribution in [0, 0.1) is 0 Å². The first-order chi connectivity index (χ1) is 8.87. The Morgan fingerprint density at radius 2 is 1.79 bits per heavy atom. The van der Waals surface area contributed by atoms with Crippen molar-refractivity contribution in [2.45, 2.75) is 69.7 Å². The Balaban J connectivity index is 1.62. The van der Waals surface area contributed by atoms with Crippen LogP contribution in [0.5, 0.6) is 0 Å². The van der Waals surface area contributed by atoms with Gasteiger partial charge in [-0.15, -0.1) is 0 Å². The Kier molecular flexibility index (Phi) is 2.99. The molecule has 0 amide bonds. The SMILES string of the molecule is CC1(C)CC(NC2CC2c2ccccc2)C(C)(C)O1. The molecule has 3 atom stereocenters. The summed E-state index contributed by atoms with van der Waals surface area (Å²) in [5.74, 6) is 0.695. The molecule has 1 saturated carbocycles. The molecule has 0 aromatic heterocycles. The van der Waals surface area contributed by atoms with Gasteiger partial charge in [0.1, 0.15) is 0 Å². The zero-order valence-corrected chi connectivity index (χ0v) is 12.4. The van der Waals surface area contributed by atoms with Crippen molar-refractivity contribution in [1.29, 1.82) is 0 Å². The normalized spacial score (nSPS) is 35.3. The second-order valence-electron chi connectivity index (χ2n) is 7.25. The highest BCUT2D eigenvalue weighted by Crippen LogP contribution is 2.44. The number of hydrogen-bond acceptors (Lipinski definition) is 2. The third-order valence-corrected chi connectivity index (χ3v) is 4.51. The van der Waals surface area contributed by atoms with Gasteiger partial charge in [-0.2, -0.15) is 0 Å². The third-order valence-electron chi connectivity index (χ3n) is 4.51. The molecule has 2 heteroatoms. The lowest BCUT2D eigenvalue weighted by Crippen LogP contribution is -2.44. The summed E-state index contributed by atoms with van der Waals surface area (Å²) < 4.78 is 6.16. The molecule has 0 bridgehead atoms. The van der Waals surface area contributed by atoms with E-state index in [4.69, 9.17) is 4.74 Å². The molecule has 1 heterocycles. The standard InChI is InChI=1S/C17H25NO/c1-16(2)11-15(17(3,4)19-16)18-14-10-13(14)12-8-6-5-7-9-12/h5-9,13-15,18H,10-11H2,1-4H3. The zero-order chi connectivity index (χ0) is 13.7. The van der Waals surface area contributed by atoms with Crippen molar-refractivity contribution in [3.05, 3.63) is 35.9 Å². The molecule has 1 aliphatic carbocycles. The third kappa shape index (κ3) is 2.70. The maximum Gasteiger partial charge on any atom is 0.0787 e. The van der Waals surface area contributed by atoms with Crippen LogP contribution in [0.3, 0.4) is 0 Å². The average Bonchev–Trinajstić information content (AvgIpc) is 3.02. The summed E-state index contributed by atoms with van der Waals surface area (Å²) in [6, 6.07) is 11.9. The fourth-order valence-corrected chi connectivity index (χ4v) is 3.53. The molecular formula is C17H25NO. The lowest BCUT2D eigenvalue weighted by atomic mass is 9.94. The van der Waals surface area contributed by atoms with Crippen molar-refractivity contribution in [2.24, 2.45) is 0 Å². The van der Waals surface area contributed by atoms with Crippen LogP contribution in [0.15, 0.2) is 30.3 Å². The monoisotopic (exact) mass is 259 g/mol. The maximum absolute atomic E-state index is 6.16. The van der Waals surface area contributed by atoms with E-state index in [2.05, 4.69) is 63.3 Å². The van der Waals surface area contributed by atoms with Crippen LogP contribution in [0.4, 0.5) is 0 Å². The minimum atomic E-state index is -0.0622. The van der Waals surface area contributed by atoms with Gasteiger partial charge in [0.15, 0.2) is 0 Å². The van der Waals surface area contributed by atoms with Gasteiger partial charge in [-0.3, -0.25) is 0 Å². The Morgan fingerprint density at radius 3 is 2.37 bits per heavy atom. The first kappa shape index (κ1) is 13.1. The van der Waals surface area contributed by atoms with Crippen LogP contribution in [0.1, 0.15) is 52.0 Å². The Hall–Kier alpha value is -0.860. The quantitative estimate of drug-likeness (QED) is 0.897. The minimum absolute atomic E-state index is 0.00169. The van der Waals surface area contributed by atoms with E-state index in [-0.39, 0.29) is 11.2 Å². The largest absolute Gasteiger partial charge is 0.368 e. The molecule has 1 aromatic carbocycles. The molecule has 19 heavy (non-hydrogen) atoms. The Bertz CT molecular complexity index is 452. The van der Waals surface area contributed by atoms with Crippen molar-refractivity contribution >= 4 is 0 Å². The number of hydrogen-bond donors (Lipinski definition) is 1. The second kappa shape index (κ2) is 4.32. The van der Waals surface area contributed by atoms with Crippen LogP contribution in [-0.4, -0.2) is 23.3 Å². The Morgan fingerprint density at radius 1 is 1.11 bits per heavy atom. The van der Waals surface area contributed by atoms with Gasteiger partial charge in [0.2, 0.25) is 0 Å². The molecule has 0 spiro atoms. The predicted octanol–water partition coefficient (Wildman–Crippen LogP) is 3.48. The first-order valence-corrected chi connectivity index (χ1v) is 7.39. The molecular weight excluding hydrogens is 234 g/mol. The van der Waals surface area contributed by atoms with E-state index >= 15 is 0 Å². The van der Waals surface area contributed by atoms with E-state index in [1.54, 1.807) is 0 Å². The molecule has 2 fully saturated rings. The van der Waals surface area contributed by atoms with Crippen molar-refractivity contribution in [3.63, 3.8) is 0 Å². The van der Waals surface area contributed by atoms with Gasteiger partial charge in [-0.05, 0) is 46.1 Å². The summed E-state index contributed by atoms with van der Waals surface area (Å²) >= 11 is 0. The number of benzene rings is 1. The molecule has 2 aliphatic rings. The molecule has 104 valence electrons. The van der Waals surface area contributed by atoms with Crippen LogP contribution >= 0.6 is 0 Å². The van der Waals surface area contributed by atoms with Gasteiger partial charge in [0.05, 0.1) is 11.2 Å². The van der Waals surface area contributed by atoms with E-state index in [9.17, 15) is 0 Å². The summed E-state index contributed by atoms with van der Waals surface area (Å²) in [5, 5.41) is 3.82. The van der Waals surface area contributed by atoms with Gasteiger partial charge in [0, 0.05) is 18.0 Å². The summed E-state index contributed by atoms with van der Waals surface area (Å²) in [7, 11) is 0. The van der Waals surface area contributed by atoms with E-state index in [0.717, 1.165) is 6.42 Å². The lowest BCUT2D eigenvalue weighted by Gasteiger charge is -2.28. The minimum Gasteiger partial charge on any atom is -0.368 e. The van der Waals surface area contributed by atoms with E-state index < -0.39 is 0 Å². The summed E-state index contributed by atoms with van der Waals surface area (Å²) in [4.78, 5) is 0. The zero-order valence-electron chi connectivity index (χ0n) is 12.4. The van der Waals surface area contributed by atoms with Crippen LogP contribution in [-0.2, 0) is 4.74 Å². The van der Waals surface area contributed by atoms with Crippen molar-refractivity contribution in [1.82, 2.24) is 5.32 Å². The summed E-state index contributed by atoms with van der Waals surface area (Å²) in [6.07, 6.45) is 2.36. The fourth-order valence-electron chi connectivity index (χ4n) is 3.53.